The summed E-state index contributed by atoms with van der Waals surface area (Å²) in [6, 6.07) is 18.3. The van der Waals surface area contributed by atoms with E-state index in [1.54, 1.807) is 7.11 Å². The van der Waals surface area contributed by atoms with Crippen molar-refractivity contribution in [1.29, 1.82) is 0 Å². The molecular weight excluding hydrogens is 300 g/mol. The first kappa shape index (κ1) is 14.5. The number of anilines is 1. The van der Waals surface area contributed by atoms with Gasteiger partial charge < -0.3 is 10.1 Å². The zero-order valence-corrected chi connectivity index (χ0v) is 13.6. The fourth-order valence-corrected chi connectivity index (χ4v) is 2.93. The monoisotopic (exact) mass is 318 g/mol. The lowest BCUT2D eigenvalue weighted by Gasteiger charge is -2.24. The van der Waals surface area contributed by atoms with Crippen LogP contribution in [0.3, 0.4) is 0 Å². The van der Waals surface area contributed by atoms with Gasteiger partial charge >= 0.3 is 0 Å². The summed E-state index contributed by atoms with van der Waals surface area (Å²) in [5, 5.41) is 7.92. The van der Waals surface area contributed by atoms with Gasteiger partial charge in [0.1, 0.15) is 17.6 Å². The molecule has 0 saturated heterocycles. The average molecular weight is 318 g/mol. The van der Waals surface area contributed by atoms with Gasteiger partial charge in [-0.1, -0.05) is 30.3 Å². The van der Waals surface area contributed by atoms with E-state index in [0.29, 0.717) is 0 Å². The number of fused-ring (bicyclic) bond motifs is 1. The Kier molecular flexibility index (Phi) is 3.54. The number of rotatable bonds is 3. The molecule has 1 unspecified atom stereocenters. The molecule has 1 aliphatic heterocycles. The van der Waals surface area contributed by atoms with Gasteiger partial charge in [0, 0.05) is 5.70 Å². The molecule has 1 atom stereocenters. The molecule has 3 aromatic rings. The van der Waals surface area contributed by atoms with Crippen LogP contribution >= 0.6 is 0 Å². The molecule has 0 aliphatic carbocycles. The summed E-state index contributed by atoms with van der Waals surface area (Å²) >= 11 is 0. The maximum Gasteiger partial charge on any atom is 0.226 e. The van der Waals surface area contributed by atoms with E-state index in [0.717, 1.165) is 28.8 Å². The standard InChI is InChI=1S/C19H18N4O/c1-13-20-19-21-17(14-8-10-16(24-2)11-9-14)12-18(23(19)22-13)15-6-4-3-5-7-15/h3-12,18H,1-2H3,(H,20,21,22). The quantitative estimate of drug-likeness (QED) is 0.801. The fourth-order valence-electron chi connectivity index (χ4n) is 2.93. The van der Waals surface area contributed by atoms with Gasteiger partial charge in [0.05, 0.1) is 7.11 Å². The van der Waals surface area contributed by atoms with Crippen molar-refractivity contribution in [2.45, 2.75) is 13.0 Å². The van der Waals surface area contributed by atoms with Crippen molar-refractivity contribution in [1.82, 2.24) is 14.8 Å². The van der Waals surface area contributed by atoms with E-state index >= 15 is 0 Å². The summed E-state index contributed by atoms with van der Waals surface area (Å²) in [6.07, 6.45) is 2.18. The van der Waals surface area contributed by atoms with Crippen LogP contribution in [-0.2, 0) is 0 Å². The second-order valence-corrected chi connectivity index (χ2v) is 5.72. The van der Waals surface area contributed by atoms with Gasteiger partial charge in [-0.3, -0.25) is 0 Å². The molecule has 0 saturated carbocycles. The molecule has 4 rings (SSSR count). The van der Waals surface area contributed by atoms with Gasteiger partial charge in [0.15, 0.2) is 0 Å². The number of aryl methyl sites for hydroxylation is 1. The molecule has 0 amide bonds. The van der Waals surface area contributed by atoms with Crippen LogP contribution < -0.4 is 10.1 Å². The second-order valence-electron chi connectivity index (χ2n) is 5.72. The number of nitrogens with one attached hydrogen (secondary N) is 1. The third-order valence-corrected chi connectivity index (χ3v) is 4.11. The van der Waals surface area contributed by atoms with Crippen molar-refractivity contribution in [3.05, 3.63) is 77.6 Å². The molecule has 120 valence electrons. The molecule has 1 N–H and O–H groups in total. The Labute approximate surface area is 140 Å². The molecule has 0 spiro atoms. The number of nitrogens with zero attached hydrogens (tertiary/aromatic N) is 3. The van der Waals surface area contributed by atoms with Crippen LogP contribution in [0, 0.1) is 6.92 Å². The van der Waals surface area contributed by atoms with Crippen LogP contribution in [0.2, 0.25) is 0 Å². The minimum absolute atomic E-state index is 0.0146. The number of allylic oxidation sites excluding steroid dienone is 1. The lowest BCUT2D eigenvalue weighted by Crippen LogP contribution is -2.20. The smallest absolute Gasteiger partial charge is 0.226 e. The molecule has 2 heterocycles. The van der Waals surface area contributed by atoms with E-state index in [9.17, 15) is 0 Å². The first-order valence-electron chi connectivity index (χ1n) is 7.86. The normalized spacial score (nSPS) is 16.1. The molecular formula is C19H18N4O. The van der Waals surface area contributed by atoms with E-state index in [2.05, 4.69) is 33.6 Å². The topological polar surface area (TPSA) is 52.0 Å². The van der Waals surface area contributed by atoms with Crippen molar-refractivity contribution in [2.24, 2.45) is 0 Å². The summed E-state index contributed by atoms with van der Waals surface area (Å²) in [6.45, 7) is 1.90. The van der Waals surface area contributed by atoms with Crippen LogP contribution in [0.5, 0.6) is 5.75 Å². The predicted octanol–water partition coefficient (Wildman–Crippen LogP) is 3.65. The van der Waals surface area contributed by atoms with Crippen LogP contribution in [0.4, 0.5) is 5.95 Å². The Bertz CT molecular complexity index is 881. The maximum atomic E-state index is 5.24. The highest BCUT2D eigenvalue weighted by Crippen LogP contribution is 2.32. The summed E-state index contributed by atoms with van der Waals surface area (Å²) in [4.78, 5) is 4.51. The van der Waals surface area contributed by atoms with Gasteiger partial charge in [-0.05, 0) is 48.4 Å². The largest absolute Gasteiger partial charge is 0.497 e. The van der Waals surface area contributed by atoms with Crippen LogP contribution in [0.1, 0.15) is 23.0 Å². The molecule has 1 aliphatic rings. The molecule has 0 bridgehead atoms. The zero-order valence-electron chi connectivity index (χ0n) is 13.6. The Balaban J connectivity index is 1.79. The minimum Gasteiger partial charge on any atom is -0.497 e. The van der Waals surface area contributed by atoms with Crippen molar-refractivity contribution in [2.75, 3.05) is 12.4 Å². The zero-order chi connectivity index (χ0) is 16.5. The summed E-state index contributed by atoms with van der Waals surface area (Å²) in [7, 11) is 1.67. The fraction of sp³-hybridized carbons (Fsp3) is 0.158. The number of benzene rings is 2. The van der Waals surface area contributed by atoms with E-state index < -0.39 is 0 Å². The third kappa shape index (κ3) is 2.54. The summed E-state index contributed by atoms with van der Waals surface area (Å²) in [5.41, 5.74) is 3.28. The third-order valence-electron chi connectivity index (χ3n) is 4.11. The number of ether oxygens (including phenoxy) is 1. The highest BCUT2D eigenvalue weighted by molar-refractivity contribution is 5.77. The predicted molar refractivity (Wildman–Crippen MR) is 93.9 cm³/mol. The second kappa shape index (κ2) is 5.85. The van der Waals surface area contributed by atoms with Gasteiger partial charge in [-0.2, -0.15) is 10.1 Å². The number of methoxy groups -OCH3 is 1. The highest BCUT2D eigenvalue weighted by Gasteiger charge is 2.24. The summed E-state index contributed by atoms with van der Waals surface area (Å²) in [5.74, 6) is 2.35. The number of hydrogen-bond acceptors (Lipinski definition) is 4. The van der Waals surface area contributed by atoms with Crippen molar-refractivity contribution in [3.63, 3.8) is 0 Å². The minimum atomic E-state index is 0.0146. The van der Waals surface area contributed by atoms with Crippen LogP contribution in [0.15, 0.2) is 60.7 Å². The Morgan fingerprint density at radius 2 is 1.79 bits per heavy atom. The maximum absolute atomic E-state index is 5.24. The Hall–Kier alpha value is -3.08. The Morgan fingerprint density at radius 3 is 2.50 bits per heavy atom. The van der Waals surface area contributed by atoms with E-state index in [1.807, 2.05) is 54.1 Å². The van der Waals surface area contributed by atoms with Crippen LogP contribution in [0.25, 0.3) is 5.70 Å². The number of aromatic nitrogens is 3. The van der Waals surface area contributed by atoms with E-state index in [-0.39, 0.29) is 6.04 Å². The Morgan fingerprint density at radius 1 is 1.04 bits per heavy atom. The van der Waals surface area contributed by atoms with Crippen LogP contribution in [-0.4, -0.2) is 21.9 Å². The average Bonchev–Trinajstić information content (AvgIpc) is 3.02. The molecule has 1 aromatic heterocycles. The van der Waals surface area contributed by atoms with E-state index in [1.165, 1.54) is 5.56 Å². The van der Waals surface area contributed by atoms with Gasteiger partial charge in [0.2, 0.25) is 5.95 Å². The molecule has 24 heavy (non-hydrogen) atoms. The lowest BCUT2D eigenvalue weighted by molar-refractivity contribution is 0.415. The SMILES string of the molecule is COc1ccc(C2=CC(c3ccccc3)n3nc(C)nc3N2)cc1. The van der Waals surface area contributed by atoms with Gasteiger partial charge in [-0.25, -0.2) is 4.68 Å². The number of hydrogen-bond donors (Lipinski definition) is 1. The van der Waals surface area contributed by atoms with Crippen molar-refractivity contribution >= 4 is 11.6 Å². The molecule has 2 aromatic carbocycles. The molecule has 5 nitrogen and oxygen atoms in total. The van der Waals surface area contributed by atoms with Crippen molar-refractivity contribution < 1.29 is 4.74 Å². The summed E-state index contributed by atoms with van der Waals surface area (Å²) < 4.78 is 7.17. The van der Waals surface area contributed by atoms with E-state index in [4.69, 9.17) is 4.74 Å². The molecule has 0 fully saturated rings. The first-order chi connectivity index (χ1) is 11.7. The molecule has 5 heteroatoms. The lowest BCUT2D eigenvalue weighted by atomic mass is 10.0. The van der Waals surface area contributed by atoms with Gasteiger partial charge in [-0.15, -0.1) is 0 Å². The van der Waals surface area contributed by atoms with Crippen molar-refractivity contribution in [3.8, 4) is 5.75 Å². The highest BCUT2D eigenvalue weighted by atomic mass is 16.5. The molecule has 0 radical (unpaired) electrons. The first-order valence-corrected chi connectivity index (χ1v) is 7.86. The van der Waals surface area contributed by atoms with Gasteiger partial charge in [0.25, 0.3) is 0 Å².